The number of rotatable bonds is 6. The number of benzene rings is 2. The molecule has 194 valence electrons. The molecule has 2 aromatic carbocycles. The van der Waals surface area contributed by atoms with Gasteiger partial charge in [-0.05, 0) is 61.2 Å². The van der Waals surface area contributed by atoms with Crippen LogP contribution in [0.1, 0.15) is 35.3 Å². The lowest BCUT2D eigenvalue weighted by molar-refractivity contribution is -0.122. The summed E-state index contributed by atoms with van der Waals surface area (Å²) in [6, 6.07) is 18.3. The van der Waals surface area contributed by atoms with Crippen LogP contribution < -0.4 is 24.8 Å². The van der Waals surface area contributed by atoms with Crippen LogP contribution in [0.25, 0.3) is 0 Å². The fraction of sp³-hybridized carbons (Fsp3) is 0.321. The predicted molar refractivity (Wildman–Crippen MR) is 141 cm³/mol. The molecule has 0 spiro atoms. The molecule has 1 aliphatic rings. The van der Waals surface area contributed by atoms with Gasteiger partial charge in [-0.25, -0.2) is 4.98 Å². The molecular weight excluding hydrogens is 472 g/mol. The highest BCUT2D eigenvalue weighted by Crippen LogP contribution is 2.27. The first kappa shape index (κ1) is 25.8. The van der Waals surface area contributed by atoms with Gasteiger partial charge in [-0.3, -0.25) is 9.59 Å². The molecule has 0 saturated heterocycles. The molecule has 0 atom stereocenters. The lowest BCUT2D eigenvalue weighted by Gasteiger charge is -2.23. The maximum atomic E-state index is 13.4. The van der Waals surface area contributed by atoms with Crippen molar-refractivity contribution in [1.29, 1.82) is 0 Å². The molecule has 4 rings (SSSR count). The van der Waals surface area contributed by atoms with Crippen LogP contribution in [-0.2, 0) is 11.3 Å². The zero-order valence-electron chi connectivity index (χ0n) is 21.2. The van der Waals surface area contributed by atoms with Crippen LogP contribution in [0.3, 0.4) is 0 Å². The number of carbonyl (C=O) groups excluding carboxylic acids is 2. The largest absolute Gasteiger partial charge is 0.497 e. The van der Waals surface area contributed by atoms with E-state index in [4.69, 9.17) is 14.2 Å². The molecular formula is C28H32N4O5. The molecule has 1 aliphatic heterocycles. The Morgan fingerprint density at radius 1 is 1.03 bits per heavy atom. The molecule has 0 unspecified atom stereocenters. The van der Waals surface area contributed by atoms with E-state index in [2.05, 4.69) is 15.6 Å². The van der Waals surface area contributed by atoms with Crippen molar-refractivity contribution in [2.24, 2.45) is 0 Å². The number of para-hydroxylation sites is 2. The molecule has 2 bridgehead atoms. The van der Waals surface area contributed by atoms with Crippen molar-refractivity contribution < 1.29 is 23.8 Å². The van der Waals surface area contributed by atoms with E-state index in [1.165, 1.54) is 0 Å². The van der Waals surface area contributed by atoms with E-state index in [-0.39, 0.29) is 30.6 Å². The normalized spacial score (nSPS) is 13.9. The first-order chi connectivity index (χ1) is 18.1. The summed E-state index contributed by atoms with van der Waals surface area (Å²) in [6.07, 6.45) is 2.44. The maximum absolute atomic E-state index is 13.4. The van der Waals surface area contributed by atoms with E-state index in [0.29, 0.717) is 30.5 Å². The SMILES string of the molecule is COc1cc(CNC(=O)CN2CCCCCOc3ccccc3Nc3cccc(n3)C2=O)cc(OC)c1. The molecule has 0 saturated carbocycles. The molecule has 37 heavy (non-hydrogen) atoms. The molecule has 9 heteroatoms. The monoisotopic (exact) mass is 504 g/mol. The van der Waals surface area contributed by atoms with Crippen LogP contribution >= 0.6 is 0 Å². The van der Waals surface area contributed by atoms with Crippen LogP contribution in [0.2, 0.25) is 0 Å². The predicted octanol–water partition coefficient (Wildman–Crippen LogP) is 4.16. The smallest absolute Gasteiger partial charge is 0.273 e. The average Bonchev–Trinajstić information content (AvgIpc) is 2.93. The van der Waals surface area contributed by atoms with Gasteiger partial charge in [0, 0.05) is 19.2 Å². The maximum Gasteiger partial charge on any atom is 0.273 e. The summed E-state index contributed by atoms with van der Waals surface area (Å²) in [4.78, 5) is 32.3. The Morgan fingerprint density at radius 3 is 2.59 bits per heavy atom. The summed E-state index contributed by atoms with van der Waals surface area (Å²) in [5, 5.41) is 6.14. The van der Waals surface area contributed by atoms with Crippen molar-refractivity contribution in [2.45, 2.75) is 25.8 Å². The Morgan fingerprint density at radius 2 is 1.81 bits per heavy atom. The first-order valence-corrected chi connectivity index (χ1v) is 12.3. The second-order valence-electron chi connectivity index (χ2n) is 8.66. The number of methoxy groups -OCH3 is 2. The summed E-state index contributed by atoms with van der Waals surface area (Å²) in [5.74, 6) is 1.99. The topological polar surface area (TPSA) is 102 Å². The summed E-state index contributed by atoms with van der Waals surface area (Å²) in [7, 11) is 3.15. The van der Waals surface area contributed by atoms with Gasteiger partial charge in [0.15, 0.2) is 0 Å². The van der Waals surface area contributed by atoms with Gasteiger partial charge in [-0.2, -0.15) is 0 Å². The number of fused-ring (bicyclic) bond motifs is 3. The lowest BCUT2D eigenvalue weighted by atomic mass is 10.2. The van der Waals surface area contributed by atoms with Crippen molar-refractivity contribution in [3.8, 4) is 17.2 Å². The number of aromatic nitrogens is 1. The van der Waals surface area contributed by atoms with Gasteiger partial charge >= 0.3 is 0 Å². The number of anilines is 2. The minimum absolute atomic E-state index is 0.0708. The van der Waals surface area contributed by atoms with Crippen molar-refractivity contribution in [3.63, 3.8) is 0 Å². The summed E-state index contributed by atoms with van der Waals surface area (Å²) in [5.41, 5.74) is 1.88. The van der Waals surface area contributed by atoms with Gasteiger partial charge in [0.25, 0.3) is 5.91 Å². The Balaban J connectivity index is 1.47. The molecule has 9 nitrogen and oxygen atoms in total. The van der Waals surface area contributed by atoms with Gasteiger partial charge < -0.3 is 29.7 Å². The number of nitrogens with one attached hydrogen (secondary N) is 2. The number of amides is 2. The quantitative estimate of drug-likeness (QED) is 0.520. The van der Waals surface area contributed by atoms with Crippen LogP contribution in [0.4, 0.5) is 11.5 Å². The minimum Gasteiger partial charge on any atom is -0.497 e. The van der Waals surface area contributed by atoms with Crippen LogP contribution in [0, 0.1) is 0 Å². The van der Waals surface area contributed by atoms with Gasteiger partial charge in [0.2, 0.25) is 5.91 Å². The lowest BCUT2D eigenvalue weighted by Crippen LogP contribution is -2.41. The van der Waals surface area contributed by atoms with E-state index in [0.717, 1.165) is 36.3 Å². The fourth-order valence-electron chi connectivity index (χ4n) is 4.03. The van der Waals surface area contributed by atoms with Crippen molar-refractivity contribution in [1.82, 2.24) is 15.2 Å². The number of hydrogen-bond acceptors (Lipinski definition) is 7. The second kappa shape index (κ2) is 12.6. The molecule has 0 radical (unpaired) electrons. The van der Waals surface area contributed by atoms with Gasteiger partial charge in [-0.1, -0.05) is 18.2 Å². The highest BCUT2D eigenvalue weighted by molar-refractivity contribution is 5.95. The molecule has 0 fully saturated rings. The standard InChI is InChI=1S/C28H32N4O5/c1-35-21-15-20(16-22(17-21)36-2)18-29-27(33)19-32-13-6-3-7-14-37-25-11-5-4-9-23(25)30-26-12-8-10-24(31-26)28(32)34/h4-5,8-12,15-17H,3,6-7,13-14,18-19H2,1-2H3,(H,29,33)(H,30,31). The molecule has 2 N–H and O–H groups in total. The van der Waals surface area contributed by atoms with E-state index in [1.54, 1.807) is 43.4 Å². The second-order valence-corrected chi connectivity index (χ2v) is 8.66. The van der Waals surface area contributed by atoms with Crippen LogP contribution in [-0.4, -0.2) is 55.6 Å². The fourth-order valence-corrected chi connectivity index (χ4v) is 4.03. The molecule has 1 aromatic heterocycles. The number of hydrogen-bond donors (Lipinski definition) is 2. The zero-order valence-corrected chi connectivity index (χ0v) is 21.2. The molecule has 3 aromatic rings. The summed E-state index contributed by atoms with van der Waals surface area (Å²) in [6.45, 7) is 1.21. The Kier molecular flexibility index (Phi) is 8.80. The number of ether oxygens (including phenoxy) is 3. The van der Waals surface area contributed by atoms with Crippen molar-refractivity contribution in [3.05, 3.63) is 71.9 Å². The third kappa shape index (κ3) is 7.13. The molecule has 0 aliphatic carbocycles. The van der Waals surface area contributed by atoms with Crippen molar-refractivity contribution >= 4 is 23.3 Å². The van der Waals surface area contributed by atoms with Crippen LogP contribution in [0.15, 0.2) is 60.7 Å². The summed E-state index contributed by atoms with van der Waals surface area (Å²) < 4.78 is 16.6. The Labute approximate surface area is 216 Å². The van der Waals surface area contributed by atoms with E-state index in [1.807, 2.05) is 36.4 Å². The minimum atomic E-state index is -0.288. The number of nitrogens with zero attached hydrogens (tertiary/aromatic N) is 2. The zero-order chi connectivity index (χ0) is 26.0. The van der Waals surface area contributed by atoms with Crippen LogP contribution in [0.5, 0.6) is 17.2 Å². The number of pyridine rings is 1. The van der Waals surface area contributed by atoms with Gasteiger partial charge in [0.1, 0.15) is 28.8 Å². The third-order valence-corrected chi connectivity index (χ3v) is 5.97. The molecule has 2 amide bonds. The number of carbonyl (C=O) groups is 2. The highest BCUT2D eigenvalue weighted by atomic mass is 16.5. The Hall–Kier alpha value is -4.27. The van der Waals surface area contributed by atoms with E-state index >= 15 is 0 Å². The highest BCUT2D eigenvalue weighted by Gasteiger charge is 2.21. The van der Waals surface area contributed by atoms with E-state index < -0.39 is 0 Å². The third-order valence-electron chi connectivity index (χ3n) is 5.97. The summed E-state index contributed by atoms with van der Waals surface area (Å²) >= 11 is 0. The van der Waals surface area contributed by atoms with E-state index in [9.17, 15) is 9.59 Å². The van der Waals surface area contributed by atoms with Crippen molar-refractivity contribution in [2.75, 3.05) is 39.2 Å². The molecule has 2 heterocycles. The van der Waals surface area contributed by atoms with Gasteiger partial charge in [0.05, 0.1) is 33.1 Å². The van der Waals surface area contributed by atoms with Gasteiger partial charge in [-0.15, -0.1) is 0 Å². The first-order valence-electron chi connectivity index (χ1n) is 12.3. The Bertz CT molecular complexity index is 1210. The average molecular weight is 505 g/mol.